The molecule has 1 aromatic rings. The van der Waals surface area contributed by atoms with Gasteiger partial charge in [-0.25, -0.2) is 4.79 Å². The number of carbonyl (C=O) groups excluding carboxylic acids is 2. The Morgan fingerprint density at radius 1 is 1.42 bits per heavy atom. The van der Waals surface area contributed by atoms with Gasteiger partial charge in [-0.05, 0) is 38.8 Å². The van der Waals surface area contributed by atoms with Crippen LogP contribution in [0.5, 0.6) is 0 Å². The Morgan fingerprint density at radius 2 is 2.16 bits per heavy atom. The molecule has 1 saturated heterocycles. The van der Waals surface area contributed by atoms with E-state index >= 15 is 0 Å². The molecule has 2 N–H and O–H groups in total. The molecule has 1 amide bonds. The SMILES string of the molecule is COC(=O)c1c(NC(=O)[C@H]2CCCN2)sc(C)c1C. The maximum Gasteiger partial charge on any atom is 0.341 e. The molecule has 1 aromatic heterocycles. The van der Waals surface area contributed by atoms with E-state index in [9.17, 15) is 9.59 Å². The molecule has 0 radical (unpaired) electrons. The van der Waals surface area contributed by atoms with Gasteiger partial charge in [-0.1, -0.05) is 0 Å². The van der Waals surface area contributed by atoms with Crippen LogP contribution in [0.4, 0.5) is 5.00 Å². The minimum absolute atomic E-state index is 0.0797. The van der Waals surface area contributed by atoms with Gasteiger partial charge < -0.3 is 15.4 Å². The van der Waals surface area contributed by atoms with Crippen LogP contribution in [-0.4, -0.2) is 31.6 Å². The van der Waals surface area contributed by atoms with Gasteiger partial charge in [-0.2, -0.15) is 0 Å². The zero-order valence-electron chi connectivity index (χ0n) is 11.3. The number of methoxy groups -OCH3 is 1. The molecule has 1 aliphatic rings. The van der Waals surface area contributed by atoms with Crippen molar-refractivity contribution in [2.45, 2.75) is 32.7 Å². The van der Waals surface area contributed by atoms with E-state index in [-0.39, 0.29) is 11.9 Å². The molecule has 0 bridgehead atoms. The number of aryl methyl sites for hydroxylation is 1. The first-order valence-corrected chi connectivity index (χ1v) is 7.08. The Hall–Kier alpha value is -1.40. The predicted molar refractivity (Wildman–Crippen MR) is 74.8 cm³/mol. The van der Waals surface area contributed by atoms with Crippen LogP contribution < -0.4 is 10.6 Å². The number of amides is 1. The second-order valence-electron chi connectivity index (χ2n) is 4.62. The highest BCUT2D eigenvalue weighted by molar-refractivity contribution is 7.16. The summed E-state index contributed by atoms with van der Waals surface area (Å²) in [6, 6.07) is -0.159. The van der Waals surface area contributed by atoms with E-state index < -0.39 is 5.97 Å². The van der Waals surface area contributed by atoms with Gasteiger partial charge in [0.2, 0.25) is 5.91 Å². The number of hydrogen-bond acceptors (Lipinski definition) is 5. The van der Waals surface area contributed by atoms with Crippen LogP contribution in [0.1, 0.15) is 33.6 Å². The second-order valence-corrected chi connectivity index (χ2v) is 5.84. The molecule has 0 aliphatic carbocycles. The first kappa shape index (κ1) is 14.0. The highest BCUT2D eigenvalue weighted by Gasteiger charge is 2.26. The molecule has 0 aromatic carbocycles. The minimum atomic E-state index is -0.406. The van der Waals surface area contributed by atoms with Gasteiger partial charge in [0.1, 0.15) is 5.00 Å². The van der Waals surface area contributed by atoms with Crippen LogP contribution in [-0.2, 0) is 9.53 Å². The maximum absolute atomic E-state index is 12.1. The zero-order chi connectivity index (χ0) is 14.0. The molecule has 6 heteroatoms. The van der Waals surface area contributed by atoms with Gasteiger partial charge in [0.05, 0.1) is 18.7 Å². The number of anilines is 1. The number of hydrogen-bond donors (Lipinski definition) is 2. The molecular formula is C13H18N2O3S. The van der Waals surface area contributed by atoms with Crippen LogP contribution in [0.3, 0.4) is 0 Å². The van der Waals surface area contributed by atoms with Gasteiger partial charge in [-0.15, -0.1) is 11.3 Å². The van der Waals surface area contributed by atoms with Gasteiger partial charge in [0.25, 0.3) is 0 Å². The third-order valence-electron chi connectivity index (χ3n) is 3.39. The molecule has 0 unspecified atom stereocenters. The summed E-state index contributed by atoms with van der Waals surface area (Å²) in [5, 5.41) is 6.57. The Kier molecular flexibility index (Phi) is 4.21. The topological polar surface area (TPSA) is 67.4 Å². The molecule has 0 saturated carbocycles. The third kappa shape index (κ3) is 2.79. The summed E-state index contributed by atoms with van der Waals surface area (Å²) < 4.78 is 4.78. The number of nitrogens with one attached hydrogen (secondary N) is 2. The lowest BCUT2D eigenvalue weighted by Gasteiger charge is -2.11. The van der Waals surface area contributed by atoms with Crippen LogP contribution in [0.25, 0.3) is 0 Å². The summed E-state index contributed by atoms with van der Waals surface area (Å²) >= 11 is 1.41. The quantitative estimate of drug-likeness (QED) is 0.830. The van der Waals surface area contributed by atoms with Crippen LogP contribution in [0, 0.1) is 13.8 Å². The van der Waals surface area contributed by atoms with Gasteiger partial charge >= 0.3 is 5.97 Å². The van der Waals surface area contributed by atoms with Crippen molar-refractivity contribution in [1.82, 2.24) is 5.32 Å². The van der Waals surface area contributed by atoms with Gasteiger partial charge in [-0.3, -0.25) is 4.79 Å². The van der Waals surface area contributed by atoms with Crippen LogP contribution in [0.15, 0.2) is 0 Å². The first-order valence-electron chi connectivity index (χ1n) is 6.27. The van der Waals surface area contributed by atoms with Crippen molar-refractivity contribution in [2.75, 3.05) is 19.0 Å². The highest BCUT2D eigenvalue weighted by Crippen LogP contribution is 2.33. The Labute approximate surface area is 116 Å². The normalized spacial score (nSPS) is 18.4. The molecule has 0 spiro atoms. The van der Waals surface area contributed by atoms with Gasteiger partial charge in [0.15, 0.2) is 0 Å². The Bertz CT molecular complexity index is 504. The second kappa shape index (κ2) is 5.71. The van der Waals surface area contributed by atoms with Crippen molar-refractivity contribution in [3.63, 3.8) is 0 Å². The molecule has 5 nitrogen and oxygen atoms in total. The molecule has 2 rings (SSSR count). The molecule has 1 aliphatic heterocycles. The Morgan fingerprint density at radius 3 is 2.74 bits per heavy atom. The van der Waals surface area contributed by atoms with Crippen molar-refractivity contribution in [3.8, 4) is 0 Å². The van der Waals surface area contributed by atoms with E-state index in [0.29, 0.717) is 10.6 Å². The summed E-state index contributed by atoms with van der Waals surface area (Å²) in [6.07, 6.45) is 1.84. The lowest BCUT2D eigenvalue weighted by atomic mass is 10.1. The molecule has 19 heavy (non-hydrogen) atoms. The first-order chi connectivity index (χ1) is 9.04. The summed E-state index contributed by atoms with van der Waals surface area (Å²) in [5.41, 5.74) is 1.34. The smallest absolute Gasteiger partial charge is 0.341 e. The lowest BCUT2D eigenvalue weighted by Crippen LogP contribution is -2.35. The third-order valence-corrected chi connectivity index (χ3v) is 4.51. The van der Waals surface area contributed by atoms with Crippen molar-refractivity contribution in [2.24, 2.45) is 0 Å². The molecular weight excluding hydrogens is 264 g/mol. The average Bonchev–Trinajstić information content (AvgIpc) is 2.99. The molecule has 1 fully saturated rings. The standard InChI is InChI=1S/C13H18N2O3S/c1-7-8(2)19-12(10(7)13(17)18-3)15-11(16)9-5-4-6-14-9/h9,14H,4-6H2,1-3H3,(H,15,16)/t9-/m1/s1. The average molecular weight is 282 g/mol. The molecule has 2 heterocycles. The van der Waals surface area contributed by atoms with E-state index in [4.69, 9.17) is 4.74 Å². The minimum Gasteiger partial charge on any atom is -0.465 e. The monoisotopic (exact) mass is 282 g/mol. The molecule has 1 atom stereocenters. The van der Waals surface area contributed by atoms with E-state index in [0.717, 1.165) is 29.8 Å². The predicted octanol–water partition coefficient (Wildman–Crippen LogP) is 1.84. The van der Waals surface area contributed by atoms with E-state index in [1.54, 1.807) is 0 Å². The van der Waals surface area contributed by atoms with Crippen molar-refractivity contribution >= 4 is 28.2 Å². The fraction of sp³-hybridized carbons (Fsp3) is 0.538. The van der Waals surface area contributed by atoms with Crippen LogP contribution >= 0.6 is 11.3 Å². The maximum atomic E-state index is 12.1. The number of thiophene rings is 1. The Balaban J connectivity index is 2.22. The highest BCUT2D eigenvalue weighted by atomic mass is 32.1. The number of carbonyl (C=O) groups is 2. The van der Waals surface area contributed by atoms with E-state index in [1.165, 1.54) is 18.4 Å². The van der Waals surface area contributed by atoms with Crippen LogP contribution in [0.2, 0.25) is 0 Å². The molecule has 104 valence electrons. The lowest BCUT2D eigenvalue weighted by molar-refractivity contribution is -0.117. The zero-order valence-corrected chi connectivity index (χ0v) is 12.1. The fourth-order valence-corrected chi connectivity index (χ4v) is 3.22. The van der Waals surface area contributed by atoms with E-state index in [1.807, 2.05) is 13.8 Å². The van der Waals surface area contributed by atoms with E-state index in [2.05, 4.69) is 10.6 Å². The summed E-state index contributed by atoms with van der Waals surface area (Å²) in [4.78, 5) is 24.9. The van der Waals surface area contributed by atoms with Crippen molar-refractivity contribution in [1.29, 1.82) is 0 Å². The largest absolute Gasteiger partial charge is 0.465 e. The van der Waals surface area contributed by atoms with Crippen molar-refractivity contribution in [3.05, 3.63) is 16.0 Å². The number of ether oxygens (including phenoxy) is 1. The summed E-state index contributed by atoms with van der Waals surface area (Å²) in [7, 11) is 1.35. The number of esters is 1. The van der Waals surface area contributed by atoms with Gasteiger partial charge in [0, 0.05) is 4.88 Å². The summed E-state index contributed by atoms with van der Waals surface area (Å²) in [5.74, 6) is -0.486. The van der Waals surface area contributed by atoms with Crippen molar-refractivity contribution < 1.29 is 14.3 Å². The number of rotatable bonds is 3. The summed E-state index contributed by atoms with van der Waals surface area (Å²) in [6.45, 7) is 4.65. The fourth-order valence-electron chi connectivity index (χ4n) is 2.17.